The number of fused-ring (bicyclic) bond motifs is 1. The maximum Gasteiger partial charge on any atom is 0.266 e. The molecule has 2 aromatic heterocycles. The van der Waals surface area contributed by atoms with E-state index in [0.29, 0.717) is 22.1 Å². The number of aromatic nitrogens is 2. The molecule has 0 bridgehead atoms. The van der Waals surface area contributed by atoms with Gasteiger partial charge in [-0.15, -0.1) is 11.3 Å². The fourth-order valence-electron chi connectivity index (χ4n) is 2.21. The molecule has 0 radical (unpaired) electrons. The Kier molecular flexibility index (Phi) is 3.10. The number of nitrogen functional groups attached to an aromatic ring is 1. The molecule has 0 unspecified atom stereocenters. The van der Waals surface area contributed by atoms with Crippen molar-refractivity contribution in [1.29, 1.82) is 0 Å². The van der Waals surface area contributed by atoms with E-state index in [1.54, 1.807) is 12.4 Å². The van der Waals surface area contributed by atoms with Gasteiger partial charge in [0, 0.05) is 25.0 Å². The van der Waals surface area contributed by atoms with Gasteiger partial charge in [-0.25, -0.2) is 9.97 Å². The molecule has 0 spiro atoms. The number of thiophene rings is 1. The smallest absolute Gasteiger partial charge is 0.266 e. The summed E-state index contributed by atoms with van der Waals surface area (Å²) in [6.45, 7) is 2.87. The predicted octanol–water partition coefficient (Wildman–Crippen LogP) is 2.29. The quantitative estimate of drug-likeness (QED) is 0.930. The van der Waals surface area contributed by atoms with Gasteiger partial charge in [0.25, 0.3) is 5.91 Å². The van der Waals surface area contributed by atoms with Crippen LogP contribution in [0.5, 0.6) is 0 Å². The molecule has 2 N–H and O–H groups in total. The largest absolute Gasteiger partial charge is 0.396 e. The first kappa shape index (κ1) is 12.3. The lowest BCUT2D eigenvalue weighted by atomic mass is 10.3. The Bertz CT molecular complexity index is 620. The molecule has 5 nitrogen and oxygen atoms in total. The zero-order chi connectivity index (χ0) is 13.4. The van der Waals surface area contributed by atoms with Crippen molar-refractivity contribution in [3.63, 3.8) is 0 Å². The van der Waals surface area contributed by atoms with Crippen molar-refractivity contribution >= 4 is 33.3 Å². The lowest BCUT2D eigenvalue weighted by Crippen LogP contribution is -2.33. The molecule has 0 aliphatic heterocycles. The van der Waals surface area contributed by atoms with Crippen molar-refractivity contribution in [2.45, 2.75) is 32.2 Å². The summed E-state index contributed by atoms with van der Waals surface area (Å²) < 4.78 is 0. The molecule has 1 aliphatic carbocycles. The summed E-state index contributed by atoms with van der Waals surface area (Å²) in [5, 5.41) is 0. The second-order valence-electron chi connectivity index (χ2n) is 4.78. The van der Waals surface area contributed by atoms with Crippen LogP contribution in [0.4, 0.5) is 5.69 Å². The van der Waals surface area contributed by atoms with Crippen LogP contribution in [0.15, 0.2) is 12.4 Å². The van der Waals surface area contributed by atoms with Crippen LogP contribution in [0, 0.1) is 0 Å². The highest BCUT2D eigenvalue weighted by molar-refractivity contribution is 7.21. The monoisotopic (exact) mass is 276 g/mol. The van der Waals surface area contributed by atoms with Crippen molar-refractivity contribution in [3.8, 4) is 0 Å². The third-order valence-corrected chi connectivity index (χ3v) is 4.36. The van der Waals surface area contributed by atoms with Gasteiger partial charge in [-0.2, -0.15) is 0 Å². The molecule has 1 saturated carbocycles. The highest BCUT2D eigenvalue weighted by Gasteiger charge is 2.34. The molecule has 3 rings (SSSR count). The summed E-state index contributed by atoms with van der Waals surface area (Å²) in [6, 6.07) is 0.401. The highest BCUT2D eigenvalue weighted by atomic mass is 32.1. The average Bonchev–Trinajstić information content (AvgIpc) is 3.21. The molecule has 2 aromatic rings. The van der Waals surface area contributed by atoms with E-state index < -0.39 is 0 Å². The van der Waals surface area contributed by atoms with E-state index in [-0.39, 0.29) is 5.91 Å². The first-order valence-corrected chi connectivity index (χ1v) is 7.34. The Hall–Kier alpha value is -1.69. The van der Waals surface area contributed by atoms with Crippen molar-refractivity contribution in [2.75, 3.05) is 12.3 Å². The molecular formula is C13H16N4OS. The number of hydrogen-bond acceptors (Lipinski definition) is 5. The fourth-order valence-corrected chi connectivity index (χ4v) is 3.19. The number of nitrogens with two attached hydrogens (primary N) is 1. The molecule has 1 fully saturated rings. The summed E-state index contributed by atoms with van der Waals surface area (Å²) in [6.07, 6.45) is 6.39. The average molecular weight is 276 g/mol. The SMILES string of the molecule is CCCN(C(=O)c1sc2nccnc2c1N)C1CC1. The van der Waals surface area contributed by atoms with Gasteiger partial charge in [0.15, 0.2) is 0 Å². The van der Waals surface area contributed by atoms with Crippen LogP contribution >= 0.6 is 11.3 Å². The molecule has 1 aliphatic rings. The van der Waals surface area contributed by atoms with Gasteiger partial charge in [-0.3, -0.25) is 4.79 Å². The number of carbonyl (C=O) groups is 1. The normalized spacial score (nSPS) is 14.8. The van der Waals surface area contributed by atoms with Crippen molar-refractivity contribution < 1.29 is 4.79 Å². The van der Waals surface area contributed by atoms with E-state index in [2.05, 4.69) is 16.9 Å². The topological polar surface area (TPSA) is 72.1 Å². The first-order chi connectivity index (χ1) is 9.22. The third kappa shape index (κ3) is 2.16. The lowest BCUT2D eigenvalue weighted by Gasteiger charge is -2.21. The maximum atomic E-state index is 12.6. The van der Waals surface area contributed by atoms with Crippen LogP contribution in [0.1, 0.15) is 35.9 Å². The summed E-state index contributed by atoms with van der Waals surface area (Å²) in [4.78, 5) is 24.3. The molecule has 19 heavy (non-hydrogen) atoms. The minimum atomic E-state index is 0.0339. The maximum absolute atomic E-state index is 12.6. The summed E-state index contributed by atoms with van der Waals surface area (Å²) >= 11 is 1.34. The second kappa shape index (κ2) is 4.77. The molecule has 0 aromatic carbocycles. The van der Waals surface area contributed by atoms with Gasteiger partial charge in [-0.05, 0) is 19.3 Å². The van der Waals surface area contributed by atoms with Gasteiger partial charge in [-0.1, -0.05) is 6.92 Å². The summed E-state index contributed by atoms with van der Waals surface area (Å²) in [7, 11) is 0. The third-order valence-electron chi connectivity index (χ3n) is 3.27. The number of anilines is 1. The minimum Gasteiger partial charge on any atom is -0.396 e. The number of hydrogen-bond donors (Lipinski definition) is 1. The molecule has 0 saturated heterocycles. The first-order valence-electron chi connectivity index (χ1n) is 6.52. The van der Waals surface area contributed by atoms with Crippen molar-refractivity contribution in [3.05, 3.63) is 17.3 Å². The van der Waals surface area contributed by atoms with Crippen LogP contribution in [0.3, 0.4) is 0 Å². The van der Waals surface area contributed by atoms with Gasteiger partial charge in [0.1, 0.15) is 15.2 Å². The van der Waals surface area contributed by atoms with Crippen LogP contribution in [-0.2, 0) is 0 Å². The molecule has 2 heterocycles. The Morgan fingerprint density at radius 3 is 2.84 bits per heavy atom. The van der Waals surface area contributed by atoms with Crippen molar-refractivity contribution in [2.24, 2.45) is 0 Å². The van der Waals surface area contributed by atoms with E-state index in [1.165, 1.54) is 11.3 Å². The predicted molar refractivity (Wildman–Crippen MR) is 76.2 cm³/mol. The molecule has 1 amide bonds. The van der Waals surface area contributed by atoms with Gasteiger partial charge < -0.3 is 10.6 Å². The van der Waals surface area contributed by atoms with E-state index in [9.17, 15) is 4.79 Å². The van der Waals surface area contributed by atoms with Gasteiger partial charge in [0.05, 0.1) is 5.69 Å². The van der Waals surface area contributed by atoms with Crippen LogP contribution in [0.2, 0.25) is 0 Å². The number of rotatable bonds is 4. The Labute approximate surface area is 115 Å². The standard InChI is InChI=1S/C13H16N4OS/c1-2-7-17(8-3-4-8)13(18)11-9(14)10-12(19-11)16-6-5-15-10/h5-6,8H,2-4,7,14H2,1H3. The Morgan fingerprint density at radius 1 is 1.47 bits per heavy atom. The molecule has 0 atom stereocenters. The van der Waals surface area contributed by atoms with Crippen LogP contribution < -0.4 is 5.73 Å². The Morgan fingerprint density at radius 2 is 2.21 bits per heavy atom. The number of carbonyl (C=O) groups excluding carboxylic acids is 1. The van der Waals surface area contributed by atoms with E-state index >= 15 is 0 Å². The zero-order valence-corrected chi connectivity index (χ0v) is 11.6. The number of nitrogens with zero attached hydrogens (tertiary/aromatic N) is 3. The number of amides is 1. The summed E-state index contributed by atoms with van der Waals surface area (Å²) in [5.74, 6) is 0.0339. The van der Waals surface area contributed by atoms with E-state index in [1.807, 2.05) is 4.90 Å². The molecule has 6 heteroatoms. The van der Waals surface area contributed by atoms with Crippen LogP contribution in [0.25, 0.3) is 10.3 Å². The minimum absolute atomic E-state index is 0.0339. The highest BCUT2D eigenvalue weighted by Crippen LogP contribution is 2.35. The zero-order valence-electron chi connectivity index (χ0n) is 10.8. The Balaban J connectivity index is 1.98. The molecule has 100 valence electrons. The fraction of sp³-hybridized carbons (Fsp3) is 0.462. The van der Waals surface area contributed by atoms with Crippen molar-refractivity contribution in [1.82, 2.24) is 14.9 Å². The van der Waals surface area contributed by atoms with Gasteiger partial charge >= 0.3 is 0 Å². The van der Waals surface area contributed by atoms with E-state index in [0.717, 1.165) is 30.6 Å². The molecular weight excluding hydrogens is 260 g/mol. The summed E-state index contributed by atoms with van der Waals surface area (Å²) in [5.41, 5.74) is 7.17. The van der Waals surface area contributed by atoms with Gasteiger partial charge in [0.2, 0.25) is 0 Å². The second-order valence-corrected chi connectivity index (χ2v) is 5.78. The lowest BCUT2D eigenvalue weighted by molar-refractivity contribution is 0.0749. The van der Waals surface area contributed by atoms with E-state index in [4.69, 9.17) is 5.73 Å². The van der Waals surface area contributed by atoms with Crippen LogP contribution in [-0.4, -0.2) is 33.4 Å².